The molecule has 0 saturated heterocycles. The Morgan fingerprint density at radius 1 is 1.57 bits per heavy atom. The Morgan fingerprint density at radius 3 is 3.00 bits per heavy atom. The largest absolute Gasteiger partial charge is 0.359 e. The minimum absolute atomic E-state index is 0.658. The van der Waals surface area contributed by atoms with Crippen molar-refractivity contribution < 1.29 is 0 Å². The van der Waals surface area contributed by atoms with Crippen LogP contribution in [0.5, 0.6) is 0 Å². The molecule has 0 radical (unpaired) electrons. The van der Waals surface area contributed by atoms with Gasteiger partial charge in [-0.05, 0) is 25.2 Å². The maximum atomic E-state index is 4.53. The van der Waals surface area contributed by atoms with E-state index in [4.69, 9.17) is 0 Å². The first-order chi connectivity index (χ1) is 6.79. The van der Waals surface area contributed by atoms with Crippen molar-refractivity contribution in [3.05, 3.63) is 11.1 Å². The number of hydrogen-bond donors (Lipinski definition) is 1. The molecule has 1 aromatic heterocycles. The smallest absolute Gasteiger partial charge is 0.183 e. The third-order valence-electron chi connectivity index (χ3n) is 3.08. The van der Waals surface area contributed by atoms with Gasteiger partial charge in [-0.25, -0.2) is 4.98 Å². The van der Waals surface area contributed by atoms with Crippen LogP contribution < -0.4 is 5.32 Å². The average Bonchev–Trinajstić information content (AvgIpc) is 2.77. The zero-order valence-corrected chi connectivity index (χ0v) is 9.73. The van der Waals surface area contributed by atoms with E-state index in [0.29, 0.717) is 6.04 Å². The van der Waals surface area contributed by atoms with E-state index in [1.807, 2.05) is 0 Å². The van der Waals surface area contributed by atoms with Crippen LogP contribution >= 0.6 is 11.3 Å². The van der Waals surface area contributed by atoms with E-state index in [-0.39, 0.29) is 0 Å². The lowest BCUT2D eigenvalue weighted by molar-refractivity contribution is 0.556. The molecule has 1 aliphatic rings. The van der Waals surface area contributed by atoms with Crippen LogP contribution in [0.15, 0.2) is 5.38 Å². The Kier molecular flexibility index (Phi) is 3.06. The van der Waals surface area contributed by atoms with Crippen molar-refractivity contribution in [1.82, 2.24) is 4.98 Å². The van der Waals surface area contributed by atoms with Gasteiger partial charge < -0.3 is 5.32 Å². The van der Waals surface area contributed by atoms with Crippen molar-refractivity contribution in [1.29, 1.82) is 0 Å². The molecule has 2 unspecified atom stereocenters. The third kappa shape index (κ3) is 2.08. The second-order valence-corrected chi connectivity index (χ2v) is 5.01. The van der Waals surface area contributed by atoms with Gasteiger partial charge in [0.2, 0.25) is 0 Å². The van der Waals surface area contributed by atoms with Gasteiger partial charge >= 0.3 is 0 Å². The summed E-state index contributed by atoms with van der Waals surface area (Å²) in [5, 5.41) is 6.82. The highest BCUT2D eigenvalue weighted by atomic mass is 32.1. The summed E-state index contributed by atoms with van der Waals surface area (Å²) in [6.45, 7) is 4.48. The molecule has 1 heterocycles. The first-order valence-corrected chi connectivity index (χ1v) is 6.38. The van der Waals surface area contributed by atoms with Gasteiger partial charge in [0, 0.05) is 11.4 Å². The Labute approximate surface area is 89.8 Å². The lowest BCUT2D eigenvalue weighted by atomic mass is 10.1. The summed E-state index contributed by atoms with van der Waals surface area (Å²) in [6.07, 6.45) is 5.08. The SMILES string of the molecule is CCc1csc(NC2CCCC2C)n1. The maximum absolute atomic E-state index is 4.53. The molecule has 1 aromatic rings. The Balaban J connectivity index is 1.96. The molecule has 1 saturated carbocycles. The molecule has 1 fully saturated rings. The fourth-order valence-corrected chi connectivity index (χ4v) is 2.91. The lowest BCUT2D eigenvalue weighted by Gasteiger charge is -2.15. The summed E-state index contributed by atoms with van der Waals surface area (Å²) in [6, 6.07) is 0.658. The number of aryl methyl sites for hydroxylation is 1. The molecule has 2 rings (SSSR count). The zero-order valence-electron chi connectivity index (χ0n) is 8.92. The van der Waals surface area contributed by atoms with Crippen LogP contribution in [0.2, 0.25) is 0 Å². The Hall–Kier alpha value is -0.570. The number of aromatic nitrogens is 1. The predicted molar refractivity (Wildman–Crippen MR) is 61.9 cm³/mol. The molecule has 0 spiro atoms. The van der Waals surface area contributed by atoms with Crippen LogP contribution in [-0.4, -0.2) is 11.0 Å². The topological polar surface area (TPSA) is 24.9 Å². The molecule has 0 aliphatic heterocycles. The van der Waals surface area contributed by atoms with Crippen LogP contribution in [0.3, 0.4) is 0 Å². The van der Waals surface area contributed by atoms with Crippen molar-refractivity contribution >= 4 is 16.5 Å². The molecule has 3 heteroatoms. The summed E-state index contributed by atoms with van der Waals surface area (Å²) in [7, 11) is 0. The molecule has 0 aromatic carbocycles. The molecule has 2 atom stereocenters. The third-order valence-corrected chi connectivity index (χ3v) is 3.91. The maximum Gasteiger partial charge on any atom is 0.183 e. The van der Waals surface area contributed by atoms with Gasteiger partial charge in [0.1, 0.15) is 0 Å². The molecule has 0 amide bonds. The van der Waals surface area contributed by atoms with Gasteiger partial charge in [0.15, 0.2) is 5.13 Å². The van der Waals surface area contributed by atoms with Crippen molar-refractivity contribution in [3.8, 4) is 0 Å². The highest BCUT2D eigenvalue weighted by Gasteiger charge is 2.23. The van der Waals surface area contributed by atoms with Gasteiger partial charge in [0.05, 0.1) is 5.69 Å². The first kappa shape index (κ1) is 9.97. The van der Waals surface area contributed by atoms with Crippen LogP contribution in [0.4, 0.5) is 5.13 Å². The molecule has 0 bridgehead atoms. The van der Waals surface area contributed by atoms with E-state index < -0.39 is 0 Å². The molecular weight excluding hydrogens is 192 g/mol. The van der Waals surface area contributed by atoms with E-state index in [2.05, 4.69) is 29.5 Å². The molecule has 14 heavy (non-hydrogen) atoms. The van der Waals surface area contributed by atoms with Crippen molar-refractivity contribution in [2.45, 2.75) is 45.6 Å². The standard InChI is InChI=1S/C11H18N2S/c1-3-9-7-14-11(12-9)13-10-6-4-5-8(10)2/h7-8,10H,3-6H2,1-2H3,(H,12,13). The van der Waals surface area contributed by atoms with Crippen molar-refractivity contribution in [3.63, 3.8) is 0 Å². The normalized spacial score (nSPS) is 26.7. The highest BCUT2D eigenvalue weighted by Crippen LogP contribution is 2.29. The minimum Gasteiger partial charge on any atom is -0.359 e. The van der Waals surface area contributed by atoms with E-state index in [1.54, 1.807) is 11.3 Å². The summed E-state index contributed by atoms with van der Waals surface area (Å²) in [4.78, 5) is 4.53. The highest BCUT2D eigenvalue weighted by molar-refractivity contribution is 7.13. The second kappa shape index (κ2) is 4.30. The zero-order chi connectivity index (χ0) is 9.97. The van der Waals surface area contributed by atoms with E-state index in [0.717, 1.165) is 17.5 Å². The molecular formula is C11H18N2S. The molecule has 1 N–H and O–H groups in total. The summed E-state index contributed by atoms with van der Waals surface area (Å²) < 4.78 is 0. The number of nitrogens with zero attached hydrogens (tertiary/aromatic N) is 1. The quantitative estimate of drug-likeness (QED) is 0.828. The van der Waals surface area contributed by atoms with Crippen LogP contribution in [0.25, 0.3) is 0 Å². The van der Waals surface area contributed by atoms with Gasteiger partial charge in [0.25, 0.3) is 0 Å². The van der Waals surface area contributed by atoms with Crippen LogP contribution in [-0.2, 0) is 6.42 Å². The predicted octanol–water partition coefficient (Wildman–Crippen LogP) is 3.31. The van der Waals surface area contributed by atoms with E-state index >= 15 is 0 Å². The molecule has 78 valence electrons. The van der Waals surface area contributed by atoms with Crippen molar-refractivity contribution in [2.24, 2.45) is 5.92 Å². The number of anilines is 1. The van der Waals surface area contributed by atoms with Gasteiger partial charge in [-0.3, -0.25) is 0 Å². The fraction of sp³-hybridized carbons (Fsp3) is 0.727. The van der Waals surface area contributed by atoms with Crippen LogP contribution in [0.1, 0.15) is 38.8 Å². The summed E-state index contributed by atoms with van der Waals surface area (Å²) in [5.41, 5.74) is 1.21. The van der Waals surface area contributed by atoms with Crippen LogP contribution in [0, 0.1) is 5.92 Å². The van der Waals surface area contributed by atoms with Crippen molar-refractivity contribution in [2.75, 3.05) is 5.32 Å². The Morgan fingerprint density at radius 2 is 2.43 bits per heavy atom. The summed E-state index contributed by atoms with van der Waals surface area (Å²) >= 11 is 1.74. The first-order valence-electron chi connectivity index (χ1n) is 5.50. The lowest BCUT2D eigenvalue weighted by Crippen LogP contribution is -2.21. The number of thiazole rings is 1. The van der Waals surface area contributed by atoms with Gasteiger partial charge in [-0.2, -0.15) is 0 Å². The minimum atomic E-state index is 0.658. The Bertz CT molecular complexity index is 295. The van der Waals surface area contributed by atoms with Gasteiger partial charge in [-0.15, -0.1) is 11.3 Å². The average molecular weight is 210 g/mol. The molecule has 2 nitrogen and oxygen atoms in total. The summed E-state index contributed by atoms with van der Waals surface area (Å²) in [5.74, 6) is 0.809. The number of hydrogen-bond acceptors (Lipinski definition) is 3. The van der Waals surface area contributed by atoms with E-state index in [9.17, 15) is 0 Å². The van der Waals surface area contributed by atoms with Gasteiger partial charge in [-0.1, -0.05) is 20.3 Å². The van der Waals surface area contributed by atoms with E-state index in [1.165, 1.54) is 25.0 Å². The number of nitrogens with one attached hydrogen (secondary N) is 1. The number of rotatable bonds is 3. The molecule has 1 aliphatic carbocycles. The second-order valence-electron chi connectivity index (χ2n) is 4.16. The fourth-order valence-electron chi connectivity index (χ4n) is 2.05. The monoisotopic (exact) mass is 210 g/mol.